The molecule has 0 aliphatic rings. The van der Waals surface area contributed by atoms with Crippen LogP contribution in [0.25, 0.3) is 0 Å². The van der Waals surface area contributed by atoms with Crippen molar-refractivity contribution in [1.82, 2.24) is 5.32 Å². The summed E-state index contributed by atoms with van der Waals surface area (Å²) in [5, 5.41) is 7.90. The van der Waals surface area contributed by atoms with Gasteiger partial charge >= 0.3 is 0 Å². The third kappa shape index (κ3) is 4.48. The Bertz CT molecular complexity index is 470. The molecule has 1 N–H and O–H groups in total. The minimum atomic E-state index is 0.396. The molecule has 0 radical (unpaired) electrons. The fraction of sp³-hybridized carbons (Fsp3) is 0.412. The average molecular weight is 273 g/mol. The third-order valence-electron chi connectivity index (χ3n) is 3.32. The number of rotatable bonds is 6. The van der Waals surface area contributed by atoms with E-state index in [0.717, 1.165) is 18.9 Å². The molecule has 0 aliphatic heterocycles. The van der Waals surface area contributed by atoms with Crippen molar-refractivity contribution in [3.8, 4) is 0 Å². The predicted molar refractivity (Wildman–Crippen MR) is 84.6 cm³/mol. The van der Waals surface area contributed by atoms with Gasteiger partial charge in [-0.15, -0.1) is 0 Å². The molecule has 2 aromatic rings. The monoisotopic (exact) mass is 273 g/mol. The average Bonchev–Trinajstić information content (AvgIpc) is 2.89. The lowest BCUT2D eigenvalue weighted by Gasteiger charge is -2.14. The van der Waals surface area contributed by atoms with E-state index in [1.54, 1.807) is 11.3 Å². The van der Waals surface area contributed by atoms with Crippen molar-refractivity contribution in [1.29, 1.82) is 0 Å². The van der Waals surface area contributed by atoms with Crippen LogP contribution in [0, 0.1) is 5.92 Å². The highest BCUT2D eigenvalue weighted by Crippen LogP contribution is 2.16. The molecule has 1 aromatic heterocycles. The van der Waals surface area contributed by atoms with Crippen LogP contribution in [0.3, 0.4) is 0 Å². The van der Waals surface area contributed by atoms with Gasteiger partial charge in [0.2, 0.25) is 0 Å². The zero-order valence-corrected chi connectivity index (χ0v) is 12.8. The first kappa shape index (κ1) is 14.3. The maximum absolute atomic E-state index is 3.57. The molecule has 0 fully saturated rings. The molecular formula is C17H23NS. The van der Waals surface area contributed by atoms with Crippen LogP contribution in [-0.4, -0.2) is 0 Å². The van der Waals surface area contributed by atoms with Crippen molar-refractivity contribution < 1.29 is 0 Å². The van der Waals surface area contributed by atoms with Gasteiger partial charge < -0.3 is 5.32 Å². The van der Waals surface area contributed by atoms with Crippen LogP contribution >= 0.6 is 11.3 Å². The van der Waals surface area contributed by atoms with E-state index in [1.165, 1.54) is 16.7 Å². The molecule has 0 amide bonds. The summed E-state index contributed by atoms with van der Waals surface area (Å²) in [5.41, 5.74) is 4.17. The first-order chi connectivity index (χ1) is 9.15. The Morgan fingerprint density at radius 2 is 1.74 bits per heavy atom. The maximum Gasteiger partial charge on any atom is 0.0294 e. The summed E-state index contributed by atoms with van der Waals surface area (Å²) in [5.74, 6) is 0.722. The van der Waals surface area contributed by atoms with Crippen LogP contribution in [0.2, 0.25) is 0 Å². The van der Waals surface area contributed by atoms with Gasteiger partial charge in [0.05, 0.1) is 0 Å². The molecule has 1 unspecified atom stereocenters. The number of benzene rings is 1. The van der Waals surface area contributed by atoms with E-state index in [9.17, 15) is 0 Å². The van der Waals surface area contributed by atoms with Gasteiger partial charge in [0, 0.05) is 12.6 Å². The smallest absolute Gasteiger partial charge is 0.0294 e. The molecule has 0 saturated heterocycles. The zero-order valence-electron chi connectivity index (χ0n) is 12.0. The highest BCUT2D eigenvalue weighted by molar-refractivity contribution is 7.07. The molecule has 1 atom stereocenters. The van der Waals surface area contributed by atoms with Gasteiger partial charge in [-0.25, -0.2) is 0 Å². The maximum atomic E-state index is 3.57. The zero-order chi connectivity index (χ0) is 13.7. The fourth-order valence-electron chi connectivity index (χ4n) is 2.20. The van der Waals surface area contributed by atoms with E-state index < -0.39 is 0 Å². The molecule has 2 heteroatoms. The van der Waals surface area contributed by atoms with Crippen LogP contribution in [0.1, 0.15) is 43.5 Å². The molecule has 0 spiro atoms. The van der Waals surface area contributed by atoms with E-state index in [1.807, 2.05) is 0 Å². The minimum Gasteiger partial charge on any atom is -0.306 e. The fourth-order valence-corrected chi connectivity index (χ4v) is 2.86. The molecule has 1 aromatic carbocycles. The van der Waals surface area contributed by atoms with Gasteiger partial charge in [-0.3, -0.25) is 0 Å². The Labute approximate surface area is 120 Å². The molecule has 0 saturated carbocycles. The standard InChI is InChI=1S/C17H23NS/c1-13(2)10-15-4-6-17(7-5-15)14(3)18-11-16-8-9-19-12-16/h4-9,12-14,18H,10-11H2,1-3H3. The Morgan fingerprint density at radius 3 is 2.32 bits per heavy atom. The van der Waals surface area contributed by atoms with Crippen molar-refractivity contribution >= 4 is 11.3 Å². The lowest BCUT2D eigenvalue weighted by Crippen LogP contribution is -2.17. The van der Waals surface area contributed by atoms with Crippen LogP contribution in [-0.2, 0) is 13.0 Å². The lowest BCUT2D eigenvalue weighted by molar-refractivity contribution is 0.575. The second-order valence-electron chi connectivity index (χ2n) is 5.57. The van der Waals surface area contributed by atoms with Crippen LogP contribution < -0.4 is 5.32 Å². The van der Waals surface area contributed by atoms with Crippen LogP contribution in [0.5, 0.6) is 0 Å². The second kappa shape index (κ2) is 6.88. The Morgan fingerprint density at radius 1 is 1.00 bits per heavy atom. The third-order valence-corrected chi connectivity index (χ3v) is 4.05. The van der Waals surface area contributed by atoms with E-state index in [-0.39, 0.29) is 0 Å². The molecule has 2 rings (SSSR count). The van der Waals surface area contributed by atoms with Crippen LogP contribution in [0.15, 0.2) is 41.1 Å². The minimum absolute atomic E-state index is 0.396. The largest absolute Gasteiger partial charge is 0.306 e. The molecule has 102 valence electrons. The van der Waals surface area contributed by atoms with Crippen molar-refractivity contribution in [2.45, 2.75) is 39.8 Å². The molecule has 0 bridgehead atoms. The van der Waals surface area contributed by atoms with Crippen molar-refractivity contribution in [3.63, 3.8) is 0 Å². The van der Waals surface area contributed by atoms with Crippen molar-refractivity contribution in [2.24, 2.45) is 5.92 Å². The predicted octanol–water partition coefficient (Wildman–Crippen LogP) is 4.80. The molecule has 1 heterocycles. The van der Waals surface area contributed by atoms with Gasteiger partial charge in [-0.1, -0.05) is 38.1 Å². The molecule has 19 heavy (non-hydrogen) atoms. The molecule has 1 nitrogen and oxygen atoms in total. The summed E-state index contributed by atoms with van der Waals surface area (Å²) in [7, 11) is 0. The lowest BCUT2D eigenvalue weighted by atomic mass is 10.00. The van der Waals surface area contributed by atoms with Gasteiger partial charge in [0.25, 0.3) is 0 Å². The SMILES string of the molecule is CC(C)Cc1ccc(C(C)NCc2ccsc2)cc1. The highest BCUT2D eigenvalue weighted by Gasteiger charge is 2.05. The summed E-state index contributed by atoms with van der Waals surface area (Å²) in [6, 6.07) is 11.6. The van der Waals surface area contributed by atoms with Crippen LogP contribution in [0.4, 0.5) is 0 Å². The number of thiophene rings is 1. The summed E-state index contributed by atoms with van der Waals surface area (Å²) in [6.45, 7) is 7.69. The van der Waals surface area contributed by atoms with E-state index in [4.69, 9.17) is 0 Å². The number of hydrogen-bond acceptors (Lipinski definition) is 2. The Kier molecular flexibility index (Phi) is 5.17. The summed E-state index contributed by atoms with van der Waals surface area (Å²) in [4.78, 5) is 0. The molecular weight excluding hydrogens is 250 g/mol. The van der Waals surface area contributed by atoms with Gasteiger partial charge in [-0.2, -0.15) is 11.3 Å². The topological polar surface area (TPSA) is 12.0 Å². The number of nitrogens with one attached hydrogen (secondary N) is 1. The summed E-state index contributed by atoms with van der Waals surface area (Å²) in [6.07, 6.45) is 1.16. The second-order valence-corrected chi connectivity index (χ2v) is 6.35. The van der Waals surface area contributed by atoms with Gasteiger partial charge in [0.1, 0.15) is 0 Å². The van der Waals surface area contributed by atoms with E-state index >= 15 is 0 Å². The first-order valence-electron chi connectivity index (χ1n) is 6.98. The summed E-state index contributed by atoms with van der Waals surface area (Å²) >= 11 is 1.75. The quantitative estimate of drug-likeness (QED) is 0.797. The van der Waals surface area contributed by atoms with Crippen molar-refractivity contribution in [3.05, 3.63) is 57.8 Å². The Hall–Kier alpha value is -1.12. The van der Waals surface area contributed by atoms with E-state index in [0.29, 0.717) is 6.04 Å². The normalized spacial score (nSPS) is 12.8. The van der Waals surface area contributed by atoms with Gasteiger partial charge in [-0.05, 0) is 52.8 Å². The van der Waals surface area contributed by atoms with E-state index in [2.05, 4.69) is 67.2 Å². The highest BCUT2D eigenvalue weighted by atomic mass is 32.1. The Balaban J connectivity index is 1.90. The number of hydrogen-bond donors (Lipinski definition) is 1. The molecule has 0 aliphatic carbocycles. The van der Waals surface area contributed by atoms with Crippen molar-refractivity contribution in [2.75, 3.05) is 0 Å². The van der Waals surface area contributed by atoms with Gasteiger partial charge in [0.15, 0.2) is 0 Å². The summed E-state index contributed by atoms with van der Waals surface area (Å²) < 4.78 is 0. The first-order valence-corrected chi connectivity index (χ1v) is 7.92.